The van der Waals surface area contributed by atoms with Gasteiger partial charge in [0.05, 0.1) is 0 Å². The summed E-state index contributed by atoms with van der Waals surface area (Å²) in [6, 6.07) is -0.768. The van der Waals surface area contributed by atoms with Crippen LogP contribution in [-0.4, -0.2) is 59.4 Å². The number of amides is 3. The van der Waals surface area contributed by atoms with Gasteiger partial charge in [-0.05, 0) is 12.3 Å². The van der Waals surface area contributed by atoms with Crippen molar-refractivity contribution >= 4 is 23.7 Å². The molecular formula is C16H26N4O2S. The smallest absolute Gasteiger partial charge is 0.318 e. The van der Waals surface area contributed by atoms with Crippen LogP contribution in [-0.2, 0) is 4.79 Å². The summed E-state index contributed by atoms with van der Waals surface area (Å²) < 4.78 is 0. The molecule has 0 bridgehead atoms. The van der Waals surface area contributed by atoms with Gasteiger partial charge in [0.15, 0.2) is 6.19 Å². The molecule has 7 heteroatoms. The predicted molar refractivity (Wildman–Crippen MR) is 90.8 cm³/mol. The Morgan fingerprint density at radius 3 is 2.57 bits per heavy atom. The maximum Gasteiger partial charge on any atom is 0.318 e. The molecule has 0 aromatic rings. The summed E-state index contributed by atoms with van der Waals surface area (Å²) in [5, 5.41) is 11.9. The molecule has 2 aliphatic rings. The minimum Gasteiger partial charge on any atom is -0.326 e. The van der Waals surface area contributed by atoms with E-state index in [1.165, 1.54) is 26.3 Å². The number of nitrogens with zero attached hydrogens (tertiary/aromatic N) is 3. The van der Waals surface area contributed by atoms with E-state index in [2.05, 4.69) is 5.32 Å². The first kappa shape index (κ1) is 17.9. The maximum absolute atomic E-state index is 12.4. The van der Waals surface area contributed by atoms with Gasteiger partial charge in [0, 0.05) is 31.6 Å². The first-order valence-electron chi connectivity index (χ1n) is 8.42. The third-order valence-corrected chi connectivity index (χ3v) is 5.61. The number of hydrogen-bond acceptors (Lipinski definition) is 4. The molecule has 23 heavy (non-hydrogen) atoms. The summed E-state index contributed by atoms with van der Waals surface area (Å²) in [4.78, 5) is 27.6. The molecule has 0 aromatic heterocycles. The molecule has 3 amide bonds. The van der Waals surface area contributed by atoms with Crippen molar-refractivity contribution in [3.8, 4) is 6.19 Å². The van der Waals surface area contributed by atoms with Gasteiger partial charge in [-0.2, -0.15) is 17.0 Å². The van der Waals surface area contributed by atoms with E-state index in [0.717, 1.165) is 42.3 Å². The van der Waals surface area contributed by atoms with Gasteiger partial charge in [0.2, 0.25) is 0 Å². The van der Waals surface area contributed by atoms with Crippen molar-refractivity contribution in [1.82, 2.24) is 15.1 Å². The fourth-order valence-corrected chi connectivity index (χ4v) is 4.17. The summed E-state index contributed by atoms with van der Waals surface area (Å²) >= 11 is 1.84. The Kier molecular flexibility index (Phi) is 7.03. The predicted octanol–water partition coefficient (Wildman–Crippen LogP) is 2.02. The van der Waals surface area contributed by atoms with Crippen LogP contribution in [0.25, 0.3) is 0 Å². The van der Waals surface area contributed by atoms with Crippen LogP contribution in [0.1, 0.15) is 38.5 Å². The second kappa shape index (κ2) is 9.02. The molecule has 0 unspecified atom stereocenters. The number of carbonyl (C=O) groups excluding carboxylic acids is 2. The molecule has 2 fully saturated rings. The number of nitrogens with one attached hydrogen (secondary N) is 1. The van der Waals surface area contributed by atoms with Gasteiger partial charge in [0.25, 0.3) is 5.91 Å². The van der Waals surface area contributed by atoms with Gasteiger partial charge in [-0.1, -0.05) is 32.1 Å². The molecule has 1 aliphatic carbocycles. The molecule has 0 aromatic carbocycles. The second-order valence-electron chi connectivity index (χ2n) is 6.34. The van der Waals surface area contributed by atoms with Gasteiger partial charge < -0.3 is 10.2 Å². The van der Waals surface area contributed by atoms with E-state index in [9.17, 15) is 9.59 Å². The van der Waals surface area contributed by atoms with Crippen molar-refractivity contribution in [3.05, 3.63) is 0 Å². The van der Waals surface area contributed by atoms with E-state index in [1.807, 2.05) is 18.0 Å². The van der Waals surface area contributed by atoms with Gasteiger partial charge in [-0.15, -0.1) is 0 Å². The monoisotopic (exact) mass is 338 g/mol. The summed E-state index contributed by atoms with van der Waals surface area (Å²) in [6.45, 7) is 1.43. The lowest BCUT2D eigenvalue weighted by molar-refractivity contribution is -0.129. The first-order valence-corrected chi connectivity index (χ1v) is 9.57. The molecule has 2 rings (SSSR count). The van der Waals surface area contributed by atoms with E-state index < -0.39 is 6.04 Å². The lowest BCUT2D eigenvalue weighted by Crippen LogP contribution is -2.53. The minimum atomic E-state index is -0.593. The average Bonchev–Trinajstić information content (AvgIpc) is 2.61. The SMILES string of the molecule is CN(C#N)C(=O)[C@H](CC1CCCCC1)NC(=O)N1CCSCC1. The largest absolute Gasteiger partial charge is 0.326 e. The van der Waals surface area contributed by atoms with Crippen LogP contribution in [0.4, 0.5) is 4.79 Å². The van der Waals surface area contributed by atoms with Crippen molar-refractivity contribution in [2.24, 2.45) is 5.92 Å². The molecule has 1 saturated heterocycles. The number of carbonyl (C=O) groups is 2. The number of nitriles is 1. The topological polar surface area (TPSA) is 76.4 Å². The standard InChI is InChI=1S/C16H26N4O2S/c1-19(12-17)15(21)14(11-13-5-3-2-4-6-13)18-16(22)20-7-9-23-10-8-20/h13-14H,2-11H2,1H3,(H,18,22)/t14-/m0/s1. The lowest BCUT2D eigenvalue weighted by atomic mass is 9.84. The number of hydrogen-bond donors (Lipinski definition) is 1. The highest BCUT2D eigenvalue weighted by molar-refractivity contribution is 7.99. The molecule has 1 atom stereocenters. The molecule has 1 heterocycles. The van der Waals surface area contributed by atoms with Crippen LogP contribution in [0.2, 0.25) is 0 Å². The van der Waals surface area contributed by atoms with Gasteiger partial charge in [-0.25, -0.2) is 4.79 Å². The van der Waals surface area contributed by atoms with E-state index in [0.29, 0.717) is 12.3 Å². The molecule has 6 nitrogen and oxygen atoms in total. The van der Waals surface area contributed by atoms with Gasteiger partial charge in [0.1, 0.15) is 6.04 Å². The molecule has 1 saturated carbocycles. The summed E-state index contributed by atoms with van der Waals surface area (Å²) in [7, 11) is 1.46. The summed E-state index contributed by atoms with van der Waals surface area (Å²) in [5.74, 6) is 2.03. The normalized spacial score (nSPS) is 20.4. The Balaban J connectivity index is 1.98. The van der Waals surface area contributed by atoms with Crippen LogP contribution >= 0.6 is 11.8 Å². The van der Waals surface area contributed by atoms with Crippen LogP contribution in [0.5, 0.6) is 0 Å². The maximum atomic E-state index is 12.4. The quantitative estimate of drug-likeness (QED) is 0.628. The first-order chi connectivity index (χ1) is 11.1. The van der Waals surface area contributed by atoms with Crippen molar-refractivity contribution < 1.29 is 9.59 Å². The number of thioether (sulfide) groups is 1. The molecule has 128 valence electrons. The van der Waals surface area contributed by atoms with Crippen molar-refractivity contribution in [2.75, 3.05) is 31.6 Å². The van der Waals surface area contributed by atoms with E-state index in [4.69, 9.17) is 5.26 Å². The average molecular weight is 338 g/mol. The molecule has 0 spiro atoms. The van der Waals surface area contributed by atoms with Gasteiger partial charge in [-0.3, -0.25) is 9.69 Å². The van der Waals surface area contributed by atoms with Crippen molar-refractivity contribution in [3.63, 3.8) is 0 Å². The Bertz CT molecular complexity index is 453. The number of likely N-dealkylation sites (N-methyl/N-ethyl adjacent to an activating group) is 1. The highest BCUT2D eigenvalue weighted by atomic mass is 32.2. The zero-order chi connectivity index (χ0) is 16.7. The van der Waals surface area contributed by atoms with Crippen LogP contribution < -0.4 is 5.32 Å². The summed E-state index contributed by atoms with van der Waals surface area (Å²) in [5.41, 5.74) is 0. The zero-order valence-corrected chi connectivity index (χ0v) is 14.6. The number of rotatable bonds is 4. The summed E-state index contributed by atoms with van der Waals surface area (Å²) in [6.07, 6.45) is 8.34. The number of urea groups is 1. The highest BCUT2D eigenvalue weighted by Crippen LogP contribution is 2.27. The van der Waals surface area contributed by atoms with Gasteiger partial charge >= 0.3 is 6.03 Å². The Labute approximate surface area is 142 Å². The Morgan fingerprint density at radius 1 is 1.30 bits per heavy atom. The molecular weight excluding hydrogens is 312 g/mol. The fraction of sp³-hybridized carbons (Fsp3) is 0.812. The minimum absolute atomic E-state index is 0.175. The van der Waals surface area contributed by atoms with Crippen molar-refractivity contribution in [2.45, 2.75) is 44.6 Å². The lowest BCUT2D eigenvalue weighted by Gasteiger charge is -2.31. The van der Waals surface area contributed by atoms with E-state index in [-0.39, 0.29) is 11.9 Å². The molecule has 0 radical (unpaired) electrons. The fourth-order valence-electron chi connectivity index (χ4n) is 3.27. The van der Waals surface area contributed by atoms with Crippen molar-refractivity contribution in [1.29, 1.82) is 5.26 Å². The Hall–Kier alpha value is -1.42. The van der Waals surface area contributed by atoms with Crippen LogP contribution in [0.3, 0.4) is 0 Å². The Morgan fingerprint density at radius 2 is 1.96 bits per heavy atom. The molecule has 1 aliphatic heterocycles. The third-order valence-electron chi connectivity index (χ3n) is 4.67. The highest BCUT2D eigenvalue weighted by Gasteiger charge is 2.29. The zero-order valence-electron chi connectivity index (χ0n) is 13.8. The van der Waals surface area contributed by atoms with Crippen LogP contribution in [0, 0.1) is 17.4 Å². The van der Waals surface area contributed by atoms with E-state index >= 15 is 0 Å². The van der Waals surface area contributed by atoms with Crippen LogP contribution in [0.15, 0.2) is 0 Å². The van der Waals surface area contributed by atoms with E-state index in [1.54, 1.807) is 4.90 Å². The second-order valence-corrected chi connectivity index (χ2v) is 7.56. The third kappa shape index (κ3) is 5.31. The molecule has 1 N–H and O–H groups in total.